The maximum Gasteiger partial charge on any atom is 0.417 e. The molecule has 3 aliphatic heterocycles. The highest BCUT2D eigenvalue weighted by atomic mass is 32.1. The summed E-state index contributed by atoms with van der Waals surface area (Å²) in [6.45, 7) is 5.50. The molecular formula is C32H30F7N7O2S. The number of thiazole rings is 1. The van der Waals surface area contributed by atoms with E-state index in [1.165, 1.54) is 4.90 Å². The Labute approximate surface area is 279 Å². The minimum Gasteiger partial charge on any atom is -0.461 e. The summed E-state index contributed by atoms with van der Waals surface area (Å²) in [6, 6.07) is 1.68. The first-order valence-corrected chi connectivity index (χ1v) is 16.4. The number of anilines is 2. The van der Waals surface area contributed by atoms with Crippen molar-refractivity contribution in [3.8, 4) is 17.1 Å². The number of carbonyl (C=O) groups is 1. The fraction of sp³-hybridized carbons (Fsp3) is 0.438. The summed E-state index contributed by atoms with van der Waals surface area (Å²) in [5.74, 6) is -4.35. The van der Waals surface area contributed by atoms with E-state index in [0.29, 0.717) is 24.3 Å². The molecule has 7 rings (SSSR count). The van der Waals surface area contributed by atoms with Gasteiger partial charge < -0.3 is 20.3 Å². The highest BCUT2D eigenvalue weighted by Gasteiger charge is 2.49. The Morgan fingerprint density at radius 1 is 1.14 bits per heavy atom. The molecule has 0 radical (unpaired) electrons. The zero-order chi connectivity index (χ0) is 35.0. The second kappa shape index (κ2) is 12.0. The minimum atomic E-state index is -5.10. The molecule has 4 aromatic rings. The molecule has 2 aromatic carbocycles. The first-order valence-electron chi connectivity index (χ1n) is 15.6. The number of nitrogen functional groups attached to an aromatic ring is 1. The van der Waals surface area contributed by atoms with Gasteiger partial charge in [-0.05, 0) is 44.5 Å². The van der Waals surface area contributed by atoms with Crippen molar-refractivity contribution in [2.45, 2.75) is 50.1 Å². The van der Waals surface area contributed by atoms with E-state index in [2.05, 4.69) is 21.5 Å². The number of fused-ring (bicyclic) bond motifs is 3. The largest absolute Gasteiger partial charge is 0.461 e. The second-order valence-corrected chi connectivity index (χ2v) is 13.8. The normalized spacial score (nSPS) is 23.1. The summed E-state index contributed by atoms with van der Waals surface area (Å²) in [4.78, 5) is 29.8. The van der Waals surface area contributed by atoms with Gasteiger partial charge in [0.2, 0.25) is 0 Å². The summed E-state index contributed by atoms with van der Waals surface area (Å²) >= 11 is 0.712. The Morgan fingerprint density at radius 2 is 1.92 bits per heavy atom. The van der Waals surface area contributed by atoms with E-state index in [1.54, 1.807) is 11.8 Å². The van der Waals surface area contributed by atoms with Gasteiger partial charge in [-0.25, -0.2) is 22.5 Å². The van der Waals surface area contributed by atoms with Gasteiger partial charge in [0.05, 0.1) is 21.3 Å². The van der Waals surface area contributed by atoms with E-state index in [4.69, 9.17) is 10.5 Å². The molecule has 0 saturated carbocycles. The Bertz CT molecular complexity index is 2010. The number of rotatable bonds is 6. The van der Waals surface area contributed by atoms with E-state index in [0.717, 1.165) is 24.6 Å². The quantitative estimate of drug-likeness (QED) is 0.185. The van der Waals surface area contributed by atoms with Crippen molar-refractivity contribution in [3.05, 3.63) is 47.8 Å². The van der Waals surface area contributed by atoms with Crippen LogP contribution in [0.4, 0.5) is 41.7 Å². The molecule has 3 atom stereocenters. The number of aromatic nitrogens is 3. The Hall–Kier alpha value is -4.25. The molecule has 0 bridgehead atoms. The number of ether oxygens (including phenoxy) is 1. The minimum absolute atomic E-state index is 0.00556. The molecule has 3 aliphatic rings. The topological polar surface area (TPSA) is 101 Å². The predicted molar refractivity (Wildman–Crippen MR) is 170 cm³/mol. The van der Waals surface area contributed by atoms with Crippen molar-refractivity contribution in [1.29, 1.82) is 0 Å². The average molecular weight is 710 g/mol. The highest BCUT2D eigenvalue weighted by Crippen LogP contribution is 2.47. The molecule has 3 fully saturated rings. The van der Waals surface area contributed by atoms with Crippen LogP contribution in [0.15, 0.2) is 30.6 Å². The lowest BCUT2D eigenvalue weighted by Crippen LogP contribution is -2.54. The molecule has 2 N–H and O–H groups in total. The maximum atomic E-state index is 16.9. The van der Waals surface area contributed by atoms with Crippen molar-refractivity contribution in [2.75, 3.05) is 50.0 Å². The Balaban J connectivity index is 1.41. The first-order chi connectivity index (χ1) is 23.2. The molecule has 0 aliphatic carbocycles. The van der Waals surface area contributed by atoms with Crippen molar-refractivity contribution in [3.63, 3.8) is 0 Å². The monoisotopic (exact) mass is 709 g/mol. The number of amides is 1. The molecule has 49 heavy (non-hydrogen) atoms. The lowest BCUT2D eigenvalue weighted by atomic mass is 9.94. The van der Waals surface area contributed by atoms with Crippen molar-refractivity contribution in [1.82, 2.24) is 24.8 Å². The zero-order valence-electron chi connectivity index (χ0n) is 26.1. The van der Waals surface area contributed by atoms with Crippen LogP contribution in [0.25, 0.3) is 32.2 Å². The number of halogens is 7. The van der Waals surface area contributed by atoms with Gasteiger partial charge in [-0.15, -0.1) is 0 Å². The lowest BCUT2D eigenvalue weighted by Gasteiger charge is -2.40. The average Bonchev–Trinajstić information content (AvgIpc) is 3.71. The van der Waals surface area contributed by atoms with Crippen molar-refractivity contribution >= 4 is 49.3 Å². The number of hydrogen-bond acceptors (Lipinski definition) is 9. The van der Waals surface area contributed by atoms with Gasteiger partial charge in [-0.3, -0.25) is 9.69 Å². The fourth-order valence-corrected chi connectivity index (χ4v) is 8.20. The third-order valence-electron chi connectivity index (χ3n) is 9.63. The Kier molecular flexibility index (Phi) is 8.12. The summed E-state index contributed by atoms with van der Waals surface area (Å²) in [5, 5.41) is -0.425. The van der Waals surface area contributed by atoms with E-state index >= 15 is 4.39 Å². The predicted octanol–water partition coefficient (Wildman–Crippen LogP) is 6.26. The second-order valence-electron chi connectivity index (χ2n) is 12.7. The summed E-state index contributed by atoms with van der Waals surface area (Å²) in [6.07, 6.45) is -4.49. The van der Waals surface area contributed by atoms with Crippen LogP contribution in [0.5, 0.6) is 6.01 Å². The molecule has 3 unspecified atom stereocenters. The van der Waals surface area contributed by atoms with E-state index < -0.39 is 63.9 Å². The summed E-state index contributed by atoms with van der Waals surface area (Å²) in [7, 11) is 0. The van der Waals surface area contributed by atoms with Crippen LogP contribution in [0.3, 0.4) is 0 Å². The van der Waals surface area contributed by atoms with E-state index in [-0.39, 0.29) is 77.3 Å². The molecule has 9 nitrogen and oxygen atoms in total. The van der Waals surface area contributed by atoms with Crippen LogP contribution in [0, 0.1) is 11.6 Å². The number of nitrogens with two attached hydrogens (primary N) is 1. The van der Waals surface area contributed by atoms with Crippen LogP contribution >= 0.6 is 11.3 Å². The number of hydrogen-bond donors (Lipinski definition) is 1. The van der Waals surface area contributed by atoms with Crippen molar-refractivity contribution < 1.29 is 40.3 Å². The zero-order valence-corrected chi connectivity index (χ0v) is 26.9. The molecular weight excluding hydrogens is 679 g/mol. The summed E-state index contributed by atoms with van der Waals surface area (Å²) in [5.41, 5.74) is 1.74. The van der Waals surface area contributed by atoms with Gasteiger partial charge in [-0.1, -0.05) is 17.9 Å². The Morgan fingerprint density at radius 3 is 2.63 bits per heavy atom. The smallest absolute Gasteiger partial charge is 0.417 e. The molecule has 3 saturated heterocycles. The number of benzene rings is 2. The third-order valence-corrected chi connectivity index (χ3v) is 10.5. The molecule has 1 amide bonds. The van der Waals surface area contributed by atoms with Crippen LogP contribution in [0.2, 0.25) is 0 Å². The molecule has 260 valence electrons. The van der Waals surface area contributed by atoms with Gasteiger partial charge in [0.15, 0.2) is 16.8 Å². The van der Waals surface area contributed by atoms with Gasteiger partial charge in [0.25, 0.3) is 5.91 Å². The number of piperazine rings is 1. The number of alkyl halides is 4. The van der Waals surface area contributed by atoms with E-state index in [9.17, 15) is 31.1 Å². The molecule has 0 spiro atoms. The molecule has 5 heterocycles. The first kappa shape index (κ1) is 33.3. The van der Waals surface area contributed by atoms with Crippen LogP contribution < -0.4 is 15.4 Å². The number of carbonyl (C=O) groups excluding carboxylic acids is 1. The maximum absolute atomic E-state index is 16.9. The highest BCUT2D eigenvalue weighted by molar-refractivity contribution is 7.22. The third kappa shape index (κ3) is 5.69. The lowest BCUT2D eigenvalue weighted by molar-refractivity contribution is -0.137. The van der Waals surface area contributed by atoms with Gasteiger partial charge in [-0.2, -0.15) is 23.1 Å². The standard InChI is InChI=1S/C32H30F7N7O2S/c1-15-12-44(28(47)16(2)33)8-9-46(15)27-19-10-20(32(37,38)39)22(18-4-5-21(35)26-25(18)41-29(40)49-26)23(36)24(19)42-30(43-27)48-14-31-6-3-7-45(31)13-17(34)11-31/h4-5,10,15,17H,2-3,6-9,11-14H2,1H3,(H2,40,41). The van der Waals surface area contributed by atoms with Crippen LogP contribution in [0.1, 0.15) is 31.7 Å². The van der Waals surface area contributed by atoms with Crippen molar-refractivity contribution in [2.24, 2.45) is 0 Å². The van der Waals surface area contributed by atoms with Gasteiger partial charge in [0.1, 0.15) is 29.9 Å². The SMILES string of the molecule is C=C(F)C(=O)N1CCN(c2nc(OCC34CCCN3CC(F)C4)nc3c(F)c(-c4ccc(F)c5sc(N)nc45)c(C(F)(F)F)cc23)C(C)C1. The van der Waals surface area contributed by atoms with Crippen LogP contribution in [-0.4, -0.2) is 87.7 Å². The van der Waals surface area contributed by atoms with Crippen LogP contribution in [-0.2, 0) is 11.0 Å². The number of nitrogens with zero attached hydrogens (tertiary/aromatic N) is 6. The molecule has 2 aromatic heterocycles. The molecule has 17 heteroatoms. The van der Waals surface area contributed by atoms with E-state index in [1.807, 2.05) is 4.90 Å². The summed E-state index contributed by atoms with van der Waals surface area (Å²) < 4.78 is 110. The fourth-order valence-electron chi connectivity index (χ4n) is 7.43. The van der Waals surface area contributed by atoms with Gasteiger partial charge in [0, 0.05) is 55.2 Å². The van der Waals surface area contributed by atoms with Gasteiger partial charge >= 0.3 is 12.2 Å².